The van der Waals surface area contributed by atoms with Gasteiger partial charge in [0.25, 0.3) is 5.91 Å². The van der Waals surface area contributed by atoms with Crippen LogP contribution in [-0.2, 0) is 27.2 Å². The Hall–Kier alpha value is -3.07. The maximum atomic E-state index is 12.8. The summed E-state index contributed by atoms with van der Waals surface area (Å²) in [6.45, 7) is 0.0159. The molecule has 3 rings (SSSR count). The molecule has 1 N–H and O–H groups in total. The smallest absolute Gasteiger partial charge is 0.306 e. The lowest BCUT2D eigenvalue weighted by molar-refractivity contribution is -0.148. The van der Waals surface area contributed by atoms with Crippen molar-refractivity contribution in [3.8, 4) is 10.7 Å². The lowest BCUT2D eigenvalue weighted by Gasteiger charge is -2.06. The Balaban J connectivity index is 1.31. The van der Waals surface area contributed by atoms with Gasteiger partial charge in [-0.2, -0.15) is 4.98 Å². The van der Waals surface area contributed by atoms with Crippen LogP contribution >= 0.6 is 11.3 Å². The number of nitrogens with zero attached hydrogens (tertiary/aromatic N) is 2. The predicted octanol–water partition coefficient (Wildman–Crippen LogP) is 2.77. The lowest BCUT2D eigenvalue weighted by Crippen LogP contribution is -2.30. The van der Waals surface area contributed by atoms with Crippen molar-refractivity contribution in [2.24, 2.45) is 0 Å². The molecule has 0 spiro atoms. The number of nitrogens with one attached hydrogen (secondary N) is 1. The second-order valence-corrected chi connectivity index (χ2v) is 6.82. The van der Waals surface area contributed by atoms with Crippen molar-refractivity contribution in [3.05, 3.63) is 59.0 Å². The summed E-state index contributed by atoms with van der Waals surface area (Å²) in [4.78, 5) is 28.6. The molecule has 2 heterocycles. The second kappa shape index (κ2) is 9.75. The lowest BCUT2D eigenvalue weighted by atomic mass is 10.1. The summed E-state index contributed by atoms with van der Waals surface area (Å²) in [5, 5.41) is 8.42. The van der Waals surface area contributed by atoms with Gasteiger partial charge in [-0.05, 0) is 35.6 Å². The van der Waals surface area contributed by atoms with Crippen LogP contribution in [0.5, 0.6) is 0 Å². The first-order valence-electron chi connectivity index (χ1n) is 8.63. The minimum atomic E-state index is -0.524. The van der Waals surface area contributed by atoms with E-state index >= 15 is 0 Å². The summed E-state index contributed by atoms with van der Waals surface area (Å²) in [5.74, 6) is -0.399. The van der Waals surface area contributed by atoms with Crippen molar-refractivity contribution in [1.29, 1.82) is 0 Å². The van der Waals surface area contributed by atoms with Gasteiger partial charge >= 0.3 is 5.97 Å². The van der Waals surface area contributed by atoms with E-state index in [1.54, 1.807) is 12.1 Å². The van der Waals surface area contributed by atoms with Gasteiger partial charge in [0.1, 0.15) is 5.82 Å². The minimum absolute atomic E-state index is 0.0366. The third-order valence-corrected chi connectivity index (χ3v) is 4.63. The number of hydrogen-bond donors (Lipinski definition) is 1. The average molecular weight is 403 g/mol. The summed E-state index contributed by atoms with van der Waals surface area (Å²) in [6.07, 6.45) is 0.835. The summed E-state index contributed by atoms with van der Waals surface area (Å²) in [5.41, 5.74) is 0.903. The van der Waals surface area contributed by atoms with E-state index in [1.807, 2.05) is 17.5 Å². The van der Waals surface area contributed by atoms with Gasteiger partial charge < -0.3 is 14.6 Å². The third kappa shape index (κ3) is 5.98. The van der Waals surface area contributed by atoms with Crippen LogP contribution in [0.3, 0.4) is 0 Å². The first-order chi connectivity index (χ1) is 13.6. The van der Waals surface area contributed by atoms with Crippen molar-refractivity contribution >= 4 is 23.2 Å². The summed E-state index contributed by atoms with van der Waals surface area (Å²) in [7, 11) is 0. The van der Waals surface area contributed by atoms with E-state index in [2.05, 4.69) is 15.5 Å². The van der Waals surface area contributed by atoms with E-state index in [9.17, 15) is 14.0 Å². The molecule has 1 aromatic carbocycles. The SMILES string of the molecule is O=C(COC(=O)CCc1nc(-c2cccs2)no1)NCCc1ccc(F)cc1. The van der Waals surface area contributed by atoms with E-state index in [-0.39, 0.29) is 25.3 Å². The van der Waals surface area contributed by atoms with E-state index in [0.717, 1.165) is 10.4 Å². The van der Waals surface area contributed by atoms with Crippen LogP contribution in [0, 0.1) is 5.82 Å². The third-order valence-electron chi connectivity index (χ3n) is 3.77. The first kappa shape index (κ1) is 19.7. The summed E-state index contributed by atoms with van der Waals surface area (Å²) in [6, 6.07) is 9.81. The van der Waals surface area contributed by atoms with Gasteiger partial charge in [0.15, 0.2) is 6.61 Å². The molecule has 7 nitrogen and oxygen atoms in total. The second-order valence-electron chi connectivity index (χ2n) is 5.88. The molecule has 3 aromatic rings. The number of aromatic nitrogens is 2. The van der Waals surface area contributed by atoms with E-state index in [4.69, 9.17) is 9.26 Å². The molecule has 0 aliphatic carbocycles. The number of thiophene rings is 1. The minimum Gasteiger partial charge on any atom is -0.456 e. The number of rotatable bonds is 9. The molecule has 0 fully saturated rings. The Morgan fingerprint density at radius 1 is 1.18 bits per heavy atom. The van der Waals surface area contributed by atoms with Gasteiger partial charge in [0.2, 0.25) is 11.7 Å². The largest absolute Gasteiger partial charge is 0.456 e. The molecule has 0 unspecified atom stereocenters. The highest BCUT2D eigenvalue weighted by Crippen LogP contribution is 2.21. The van der Waals surface area contributed by atoms with Gasteiger partial charge in [-0.1, -0.05) is 23.4 Å². The number of carbonyl (C=O) groups is 2. The fourth-order valence-electron chi connectivity index (χ4n) is 2.34. The van der Waals surface area contributed by atoms with E-state index in [1.165, 1.54) is 23.5 Å². The van der Waals surface area contributed by atoms with Crippen molar-refractivity contribution in [2.45, 2.75) is 19.3 Å². The van der Waals surface area contributed by atoms with Gasteiger partial charge in [-0.15, -0.1) is 11.3 Å². The Kier molecular flexibility index (Phi) is 6.85. The van der Waals surface area contributed by atoms with E-state index < -0.39 is 11.9 Å². The number of aryl methyl sites for hydroxylation is 1. The molecule has 1 amide bonds. The standard InChI is InChI=1S/C19H18FN3O4S/c20-14-5-3-13(4-6-14)9-10-21-16(24)12-26-18(25)8-7-17-22-19(23-27-17)15-2-1-11-28-15/h1-6,11H,7-10,12H2,(H,21,24). The molecule has 0 aliphatic rings. The average Bonchev–Trinajstić information content (AvgIpc) is 3.38. The molecule has 2 aromatic heterocycles. The monoisotopic (exact) mass is 403 g/mol. The molecule has 0 saturated heterocycles. The zero-order valence-corrected chi connectivity index (χ0v) is 15.7. The fourth-order valence-corrected chi connectivity index (χ4v) is 2.99. The number of amides is 1. The number of ether oxygens (including phenoxy) is 1. The maximum absolute atomic E-state index is 12.8. The highest BCUT2D eigenvalue weighted by Gasteiger charge is 2.13. The molecule has 0 aliphatic heterocycles. The molecule has 28 heavy (non-hydrogen) atoms. The van der Waals surface area contributed by atoms with Gasteiger partial charge in [0, 0.05) is 13.0 Å². The van der Waals surface area contributed by atoms with Crippen LogP contribution in [0.2, 0.25) is 0 Å². The number of benzene rings is 1. The Labute approximate surface area is 164 Å². The highest BCUT2D eigenvalue weighted by atomic mass is 32.1. The van der Waals surface area contributed by atoms with Gasteiger partial charge in [-0.3, -0.25) is 9.59 Å². The van der Waals surface area contributed by atoms with Crippen molar-refractivity contribution in [1.82, 2.24) is 15.5 Å². The van der Waals surface area contributed by atoms with Crippen molar-refractivity contribution < 1.29 is 23.2 Å². The quantitative estimate of drug-likeness (QED) is 0.552. The molecular weight excluding hydrogens is 385 g/mol. The predicted molar refractivity (Wildman–Crippen MR) is 100 cm³/mol. The molecule has 9 heteroatoms. The van der Waals surface area contributed by atoms with Crippen LogP contribution in [0.1, 0.15) is 17.9 Å². The van der Waals surface area contributed by atoms with Crippen LogP contribution in [-0.4, -0.2) is 35.2 Å². The van der Waals surface area contributed by atoms with Gasteiger partial charge in [0.05, 0.1) is 11.3 Å². The van der Waals surface area contributed by atoms with Crippen molar-refractivity contribution in [2.75, 3.05) is 13.2 Å². The fraction of sp³-hybridized carbons (Fsp3) is 0.263. The summed E-state index contributed by atoms with van der Waals surface area (Å²) < 4.78 is 22.9. The molecule has 0 radical (unpaired) electrons. The van der Waals surface area contributed by atoms with Crippen LogP contribution in [0.4, 0.5) is 4.39 Å². The van der Waals surface area contributed by atoms with Gasteiger partial charge in [-0.25, -0.2) is 4.39 Å². The van der Waals surface area contributed by atoms with Crippen LogP contribution in [0.15, 0.2) is 46.3 Å². The maximum Gasteiger partial charge on any atom is 0.306 e. The Bertz CT molecular complexity index is 910. The number of halogens is 1. The molecule has 146 valence electrons. The normalized spacial score (nSPS) is 10.6. The first-order valence-corrected chi connectivity index (χ1v) is 9.51. The van der Waals surface area contributed by atoms with Crippen molar-refractivity contribution in [3.63, 3.8) is 0 Å². The molecule has 0 bridgehead atoms. The number of esters is 1. The summed E-state index contributed by atoms with van der Waals surface area (Å²) >= 11 is 1.49. The Morgan fingerprint density at radius 2 is 2.00 bits per heavy atom. The highest BCUT2D eigenvalue weighted by molar-refractivity contribution is 7.13. The van der Waals surface area contributed by atoms with Crippen LogP contribution < -0.4 is 5.32 Å². The topological polar surface area (TPSA) is 94.3 Å². The Morgan fingerprint density at radius 3 is 2.75 bits per heavy atom. The number of carbonyl (C=O) groups excluding carboxylic acids is 2. The van der Waals surface area contributed by atoms with E-state index in [0.29, 0.717) is 24.7 Å². The molecular formula is C19H18FN3O4S. The zero-order chi connectivity index (χ0) is 19.8. The molecule has 0 saturated carbocycles. The zero-order valence-electron chi connectivity index (χ0n) is 14.9. The molecule has 0 atom stereocenters. The number of hydrogen-bond acceptors (Lipinski definition) is 7. The van der Waals surface area contributed by atoms with Crippen LogP contribution in [0.25, 0.3) is 10.7 Å².